The molecule has 4 rings (SSSR count). The molecule has 5 nitrogen and oxygen atoms in total. The second-order valence-electron chi connectivity index (χ2n) is 9.80. The Hall–Kier alpha value is -3.60. The predicted molar refractivity (Wildman–Crippen MR) is 137 cm³/mol. The summed E-state index contributed by atoms with van der Waals surface area (Å²) in [4.78, 5) is 27.5. The zero-order chi connectivity index (χ0) is 24.3. The minimum Gasteiger partial charge on any atom is -0.479 e. The van der Waals surface area contributed by atoms with E-state index in [1.165, 1.54) is 11.1 Å². The zero-order valence-electron chi connectivity index (χ0n) is 20.3. The number of carbonyl (C=O) groups is 2. The summed E-state index contributed by atoms with van der Waals surface area (Å²) in [5, 5.41) is 2.96. The normalized spacial score (nSPS) is 15.5. The fourth-order valence-corrected chi connectivity index (χ4v) is 4.13. The Bertz CT molecular complexity index is 1160. The first-order valence-corrected chi connectivity index (χ1v) is 11.8. The highest BCUT2D eigenvalue weighted by Crippen LogP contribution is 2.36. The number of hydrogen-bond donors (Lipinski definition) is 1. The first kappa shape index (κ1) is 23.6. The summed E-state index contributed by atoms with van der Waals surface area (Å²) >= 11 is 0. The minimum absolute atomic E-state index is 0.0289. The third-order valence-electron chi connectivity index (χ3n) is 6.13. The van der Waals surface area contributed by atoms with Gasteiger partial charge < -0.3 is 15.0 Å². The molecule has 0 aliphatic carbocycles. The van der Waals surface area contributed by atoms with Crippen LogP contribution in [-0.4, -0.2) is 24.5 Å². The molecule has 34 heavy (non-hydrogen) atoms. The van der Waals surface area contributed by atoms with Crippen LogP contribution < -0.4 is 15.0 Å². The topological polar surface area (TPSA) is 58.6 Å². The van der Waals surface area contributed by atoms with Gasteiger partial charge >= 0.3 is 0 Å². The Morgan fingerprint density at radius 3 is 2.38 bits per heavy atom. The highest BCUT2D eigenvalue weighted by atomic mass is 16.5. The molecule has 176 valence electrons. The number of nitrogens with one attached hydrogen (secondary N) is 1. The van der Waals surface area contributed by atoms with E-state index in [4.69, 9.17) is 4.74 Å². The second-order valence-corrected chi connectivity index (χ2v) is 9.80. The molecule has 1 unspecified atom stereocenters. The van der Waals surface area contributed by atoms with Crippen LogP contribution >= 0.6 is 0 Å². The van der Waals surface area contributed by atoms with Crippen LogP contribution in [0, 0.1) is 0 Å². The smallest absolute Gasteiger partial charge is 0.267 e. The molecule has 0 spiro atoms. The number of aryl methyl sites for hydroxylation is 1. The number of carbonyl (C=O) groups excluding carboxylic acids is 2. The third-order valence-corrected chi connectivity index (χ3v) is 6.13. The van der Waals surface area contributed by atoms with Gasteiger partial charge in [-0.1, -0.05) is 63.2 Å². The van der Waals surface area contributed by atoms with E-state index in [-0.39, 0.29) is 17.2 Å². The number of anilines is 2. The molecule has 5 heteroatoms. The lowest BCUT2D eigenvalue weighted by Gasteiger charge is -2.33. The average Bonchev–Trinajstić information content (AvgIpc) is 2.82. The largest absolute Gasteiger partial charge is 0.479 e. The number of rotatable bonds is 6. The van der Waals surface area contributed by atoms with Crippen LogP contribution in [0.15, 0.2) is 72.8 Å². The van der Waals surface area contributed by atoms with Crippen molar-refractivity contribution >= 4 is 23.2 Å². The SMILES string of the molecule is CC1Oc2ccc(NC(=O)c3ccc(C(C)(C)C)cc3)cc2N(CCCc2ccccc2)C1=O. The minimum atomic E-state index is -0.536. The number of fused-ring (bicyclic) bond motifs is 1. The van der Waals surface area contributed by atoms with E-state index in [1.54, 1.807) is 11.8 Å². The van der Waals surface area contributed by atoms with Crippen molar-refractivity contribution in [1.82, 2.24) is 0 Å². The maximum absolute atomic E-state index is 12.9. The number of nitrogens with zero attached hydrogens (tertiary/aromatic N) is 1. The molecule has 0 aromatic heterocycles. The molecule has 1 N–H and O–H groups in total. The van der Waals surface area contributed by atoms with E-state index < -0.39 is 6.10 Å². The van der Waals surface area contributed by atoms with E-state index in [0.29, 0.717) is 29.2 Å². The Kier molecular flexibility index (Phi) is 6.73. The summed E-state index contributed by atoms with van der Waals surface area (Å²) in [7, 11) is 0. The molecule has 1 atom stereocenters. The van der Waals surface area contributed by atoms with Gasteiger partial charge in [0, 0.05) is 17.8 Å². The van der Waals surface area contributed by atoms with E-state index >= 15 is 0 Å². The molecule has 0 saturated heterocycles. The van der Waals surface area contributed by atoms with Gasteiger partial charge in [-0.05, 0) is 66.6 Å². The Balaban J connectivity index is 1.49. The van der Waals surface area contributed by atoms with Crippen molar-refractivity contribution in [3.63, 3.8) is 0 Å². The van der Waals surface area contributed by atoms with Crippen molar-refractivity contribution in [3.05, 3.63) is 89.5 Å². The molecule has 2 amide bonds. The van der Waals surface area contributed by atoms with E-state index in [9.17, 15) is 9.59 Å². The summed E-state index contributed by atoms with van der Waals surface area (Å²) in [5.41, 5.74) is 4.36. The number of hydrogen-bond acceptors (Lipinski definition) is 3. The van der Waals surface area contributed by atoms with Crippen molar-refractivity contribution < 1.29 is 14.3 Å². The highest BCUT2D eigenvalue weighted by molar-refractivity contribution is 6.05. The van der Waals surface area contributed by atoms with E-state index in [2.05, 4.69) is 38.2 Å². The fraction of sp³-hybridized carbons (Fsp3) is 0.310. The maximum Gasteiger partial charge on any atom is 0.267 e. The van der Waals surface area contributed by atoms with Crippen molar-refractivity contribution in [2.75, 3.05) is 16.8 Å². The van der Waals surface area contributed by atoms with Crippen LogP contribution in [0.3, 0.4) is 0 Å². The molecular weight excluding hydrogens is 424 g/mol. The first-order valence-electron chi connectivity index (χ1n) is 11.8. The van der Waals surface area contributed by atoms with Crippen LogP contribution in [-0.2, 0) is 16.6 Å². The van der Waals surface area contributed by atoms with Crippen molar-refractivity contribution in [3.8, 4) is 5.75 Å². The van der Waals surface area contributed by atoms with Gasteiger partial charge in [-0.3, -0.25) is 9.59 Å². The second kappa shape index (κ2) is 9.72. The molecular formula is C29H32N2O3. The quantitative estimate of drug-likeness (QED) is 0.496. The first-order chi connectivity index (χ1) is 16.2. The average molecular weight is 457 g/mol. The molecule has 1 aliphatic rings. The molecule has 0 saturated carbocycles. The maximum atomic E-state index is 12.9. The van der Waals surface area contributed by atoms with Crippen LogP contribution in [0.4, 0.5) is 11.4 Å². The fourth-order valence-electron chi connectivity index (χ4n) is 4.13. The summed E-state index contributed by atoms with van der Waals surface area (Å²) in [6.07, 6.45) is 1.18. The Morgan fingerprint density at radius 2 is 1.71 bits per heavy atom. The van der Waals surface area contributed by atoms with Gasteiger partial charge in [0.15, 0.2) is 6.10 Å². The Morgan fingerprint density at radius 1 is 1.00 bits per heavy atom. The molecule has 0 bridgehead atoms. The lowest BCUT2D eigenvalue weighted by atomic mass is 9.87. The molecule has 3 aromatic carbocycles. The van der Waals surface area contributed by atoms with E-state index in [1.807, 2.05) is 60.7 Å². The van der Waals surface area contributed by atoms with Crippen molar-refractivity contribution in [2.24, 2.45) is 0 Å². The van der Waals surface area contributed by atoms with Gasteiger partial charge in [0.2, 0.25) is 0 Å². The van der Waals surface area contributed by atoms with Gasteiger partial charge in [-0.25, -0.2) is 0 Å². The monoisotopic (exact) mass is 456 g/mol. The standard InChI is InChI=1S/C29H32N2O3/c1-20-28(33)31(18-8-11-21-9-6-5-7-10-21)25-19-24(16-17-26(25)34-20)30-27(32)22-12-14-23(15-13-22)29(2,3)4/h5-7,9-10,12-17,19-20H,8,11,18H2,1-4H3,(H,30,32). The van der Waals surface area contributed by atoms with Crippen molar-refractivity contribution in [1.29, 1.82) is 0 Å². The zero-order valence-corrected chi connectivity index (χ0v) is 20.3. The van der Waals surface area contributed by atoms with Crippen LogP contribution in [0.5, 0.6) is 5.75 Å². The Labute approximate surface area is 201 Å². The molecule has 0 radical (unpaired) electrons. The van der Waals surface area contributed by atoms with Crippen LogP contribution in [0.25, 0.3) is 0 Å². The van der Waals surface area contributed by atoms with Gasteiger partial charge in [0.25, 0.3) is 11.8 Å². The number of amides is 2. The van der Waals surface area contributed by atoms with Crippen molar-refractivity contribution in [2.45, 2.75) is 52.1 Å². The number of benzene rings is 3. The lowest BCUT2D eigenvalue weighted by Crippen LogP contribution is -2.45. The van der Waals surface area contributed by atoms with Crippen LogP contribution in [0.2, 0.25) is 0 Å². The number of ether oxygens (including phenoxy) is 1. The third kappa shape index (κ3) is 5.30. The molecule has 1 heterocycles. The highest BCUT2D eigenvalue weighted by Gasteiger charge is 2.31. The van der Waals surface area contributed by atoms with Crippen LogP contribution in [0.1, 0.15) is 55.6 Å². The molecule has 0 fully saturated rings. The predicted octanol–water partition coefficient (Wildman–Crippen LogP) is 5.98. The lowest BCUT2D eigenvalue weighted by molar-refractivity contribution is -0.125. The van der Waals surface area contributed by atoms with Gasteiger partial charge in [0.05, 0.1) is 5.69 Å². The van der Waals surface area contributed by atoms with Gasteiger partial charge in [-0.2, -0.15) is 0 Å². The van der Waals surface area contributed by atoms with E-state index in [0.717, 1.165) is 12.8 Å². The summed E-state index contributed by atoms with van der Waals surface area (Å²) < 4.78 is 5.82. The summed E-state index contributed by atoms with van der Waals surface area (Å²) in [6.45, 7) is 8.79. The molecule has 1 aliphatic heterocycles. The summed E-state index contributed by atoms with van der Waals surface area (Å²) in [5.74, 6) is 0.397. The summed E-state index contributed by atoms with van der Waals surface area (Å²) in [6, 6.07) is 23.4. The van der Waals surface area contributed by atoms with Gasteiger partial charge in [0.1, 0.15) is 5.75 Å². The molecule has 3 aromatic rings. The van der Waals surface area contributed by atoms with Gasteiger partial charge in [-0.15, -0.1) is 0 Å².